The van der Waals surface area contributed by atoms with Crippen LogP contribution in [-0.2, 0) is 10.0 Å². The molecule has 7 heteroatoms. The molecule has 1 aromatic rings. The molecule has 1 aromatic carbocycles. The zero-order valence-corrected chi connectivity index (χ0v) is 13.9. The van der Waals surface area contributed by atoms with Crippen molar-refractivity contribution in [3.63, 3.8) is 0 Å². The van der Waals surface area contributed by atoms with Crippen molar-refractivity contribution >= 4 is 27.2 Å². The van der Waals surface area contributed by atoms with Crippen LogP contribution in [0.5, 0.6) is 0 Å². The van der Waals surface area contributed by atoms with Gasteiger partial charge >= 0.3 is 0 Å². The van der Waals surface area contributed by atoms with Crippen molar-refractivity contribution in [1.82, 2.24) is 9.21 Å². The summed E-state index contributed by atoms with van der Waals surface area (Å²) in [5.41, 5.74) is 7.05. The molecule has 0 unspecified atom stereocenters. The van der Waals surface area contributed by atoms with Crippen LogP contribution in [0.3, 0.4) is 0 Å². The topological polar surface area (TPSA) is 66.6 Å². The van der Waals surface area contributed by atoms with Crippen LogP contribution < -0.4 is 5.73 Å². The maximum absolute atomic E-state index is 12.4. The van der Waals surface area contributed by atoms with Gasteiger partial charge in [-0.1, -0.05) is 18.3 Å². The van der Waals surface area contributed by atoms with E-state index in [9.17, 15) is 8.42 Å². The van der Waals surface area contributed by atoms with Crippen LogP contribution >= 0.6 is 12.2 Å². The van der Waals surface area contributed by atoms with Gasteiger partial charge in [0.05, 0.1) is 4.90 Å². The van der Waals surface area contributed by atoms with E-state index in [1.54, 1.807) is 32.2 Å². The second kappa shape index (κ2) is 6.62. The van der Waals surface area contributed by atoms with Crippen LogP contribution in [0.25, 0.3) is 0 Å². The Hall–Kier alpha value is -1.02. The first-order valence-corrected chi connectivity index (χ1v) is 8.02. The van der Waals surface area contributed by atoms with Crippen molar-refractivity contribution in [1.29, 1.82) is 0 Å². The molecule has 0 saturated carbocycles. The Kier molecular flexibility index (Phi) is 5.64. The van der Waals surface area contributed by atoms with Crippen molar-refractivity contribution in [3.05, 3.63) is 29.3 Å². The fourth-order valence-corrected chi connectivity index (χ4v) is 3.19. The molecule has 0 saturated heterocycles. The first kappa shape index (κ1) is 17.0. The molecule has 0 fully saturated rings. The molecule has 0 spiro atoms. The summed E-state index contributed by atoms with van der Waals surface area (Å²) in [5, 5.41) is 0. The first-order valence-electron chi connectivity index (χ1n) is 6.17. The standard InChI is InChI=1S/C13H21N3O2S2/c1-10-9-11(5-6-12(10)13(14)19)20(17,18)16(4)8-7-15(2)3/h5-6,9H,7-8H2,1-4H3,(H2,14,19). The van der Waals surface area contributed by atoms with Crippen molar-refractivity contribution < 1.29 is 8.42 Å². The van der Waals surface area contributed by atoms with Crippen LogP contribution in [-0.4, -0.2) is 56.8 Å². The summed E-state index contributed by atoms with van der Waals surface area (Å²) in [4.78, 5) is 2.47. The molecule has 0 atom stereocenters. The molecular formula is C13H21N3O2S2. The molecule has 0 aliphatic rings. The number of nitrogens with zero attached hydrogens (tertiary/aromatic N) is 2. The normalized spacial score (nSPS) is 12.1. The van der Waals surface area contributed by atoms with E-state index in [4.69, 9.17) is 18.0 Å². The van der Waals surface area contributed by atoms with E-state index in [1.807, 2.05) is 19.0 Å². The summed E-state index contributed by atoms with van der Waals surface area (Å²) in [6, 6.07) is 4.81. The lowest BCUT2D eigenvalue weighted by atomic mass is 10.1. The molecule has 0 aliphatic heterocycles. The Morgan fingerprint density at radius 1 is 1.25 bits per heavy atom. The number of rotatable bonds is 6. The van der Waals surface area contributed by atoms with Gasteiger partial charge in [0.15, 0.2) is 0 Å². The monoisotopic (exact) mass is 315 g/mol. The van der Waals surface area contributed by atoms with Gasteiger partial charge in [0, 0.05) is 25.7 Å². The fraction of sp³-hybridized carbons (Fsp3) is 0.462. The van der Waals surface area contributed by atoms with Gasteiger partial charge in [-0.25, -0.2) is 8.42 Å². The van der Waals surface area contributed by atoms with E-state index in [0.29, 0.717) is 18.7 Å². The average molecular weight is 315 g/mol. The second-order valence-corrected chi connectivity index (χ2v) is 7.46. The molecule has 112 valence electrons. The minimum atomic E-state index is -3.48. The number of nitrogens with two attached hydrogens (primary N) is 1. The Morgan fingerprint density at radius 3 is 2.30 bits per heavy atom. The highest BCUT2D eigenvalue weighted by atomic mass is 32.2. The Morgan fingerprint density at radius 2 is 1.85 bits per heavy atom. The third-order valence-electron chi connectivity index (χ3n) is 3.03. The Bertz CT molecular complexity index is 598. The average Bonchev–Trinajstić information content (AvgIpc) is 2.34. The largest absolute Gasteiger partial charge is 0.389 e. The number of thiocarbonyl (C=S) groups is 1. The SMILES string of the molecule is Cc1cc(S(=O)(=O)N(C)CCN(C)C)ccc1C(N)=S. The maximum atomic E-state index is 12.4. The Labute approximate surface area is 126 Å². The molecule has 0 heterocycles. The van der Waals surface area contributed by atoms with Crippen LogP contribution in [0.4, 0.5) is 0 Å². The molecule has 0 radical (unpaired) electrons. The Balaban J connectivity index is 3.04. The van der Waals surface area contributed by atoms with E-state index in [0.717, 1.165) is 5.56 Å². The summed E-state index contributed by atoms with van der Waals surface area (Å²) < 4.78 is 26.2. The van der Waals surface area contributed by atoms with Gasteiger partial charge in [0.25, 0.3) is 0 Å². The van der Waals surface area contributed by atoms with Crippen LogP contribution in [0.2, 0.25) is 0 Å². The predicted molar refractivity (Wildman–Crippen MR) is 85.4 cm³/mol. The van der Waals surface area contributed by atoms with E-state index >= 15 is 0 Å². The lowest BCUT2D eigenvalue weighted by Crippen LogP contribution is -2.33. The van der Waals surface area contributed by atoms with Gasteiger partial charge in [-0.3, -0.25) is 0 Å². The third-order valence-corrected chi connectivity index (χ3v) is 5.11. The summed E-state index contributed by atoms with van der Waals surface area (Å²) in [7, 11) is 1.91. The van der Waals surface area contributed by atoms with Crippen molar-refractivity contribution in [3.8, 4) is 0 Å². The van der Waals surface area contributed by atoms with E-state index in [2.05, 4.69) is 0 Å². The van der Waals surface area contributed by atoms with E-state index in [1.165, 1.54) is 4.31 Å². The lowest BCUT2D eigenvalue weighted by Gasteiger charge is -2.20. The fourth-order valence-electron chi connectivity index (χ4n) is 1.71. The van der Waals surface area contributed by atoms with Gasteiger partial charge in [-0.2, -0.15) is 4.31 Å². The molecule has 20 heavy (non-hydrogen) atoms. The number of hydrogen-bond donors (Lipinski definition) is 1. The minimum Gasteiger partial charge on any atom is -0.389 e. The highest BCUT2D eigenvalue weighted by Gasteiger charge is 2.21. The summed E-state index contributed by atoms with van der Waals surface area (Å²) >= 11 is 4.92. The smallest absolute Gasteiger partial charge is 0.242 e. The van der Waals surface area contributed by atoms with Gasteiger partial charge in [0.1, 0.15) is 4.99 Å². The summed E-state index contributed by atoms with van der Waals surface area (Å²) in [5.74, 6) is 0. The first-order chi connectivity index (χ1) is 9.16. The molecule has 1 rings (SSSR count). The minimum absolute atomic E-state index is 0.260. The number of hydrogen-bond acceptors (Lipinski definition) is 4. The zero-order chi connectivity index (χ0) is 15.5. The molecule has 5 nitrogen and oxygen atoms in total. The molecule has 0 amide bonds. The summed E-state index contributed by atoms with van der Waals surface area (Å²) in [6.07, 6.45) is 0. The molecule has 0 aromatic heterocycles. The van der Waals surface area contributed by atoms with Crippen LogP contribution in [0.1, 0.15) is 11.1 Å². The highest BCUT2D eigenvalue weighted by Crippen LogP contribution is 2.18. The number of benzene rings is 1. The highest BCUT2D eigenvalue weighted by molar-refractivity contribution is 7.89. The van der Waals surface area contributed by atoms with Crippen molar-refractivity contribution in [2.75, 3.05) is 34.2 Å². The van der Waals surface area contributed by atoms with Gasteiger partial charge < -0.3 is 10.6 Å². The van der Waals surface area contributed by atoms with Gasteiger partial charge in [-0.05, 0) is 38.7 Å². The number of aryl methyl sites for hydroxylation is 1. The van der Waals surface area contributed by atoms with Gasteiger partial charge in [-0.15, -0.1) is 0 Å². The number of likely N-dealkylation sites (N-methyl/N-ethyl adjacent to an activating group) is 2. The molecular weight excluding hydrogens is 294 g/mol. The predicted octanol–water partition coefficient (Wildman–Crippen LogP) is 0.811. The van der Waals surface area contributed by atoms with Crippen LogP contribution in [0.15, 0.2) is 23.1 Å². The molecule has 0 aliphatic carbocycles. The van der Waals surface area contributed by atoms with Crippen molar-refractivity contribution in [2.24, 2.45) is 5.73 Å². The molecule has 2 N–H and O–H groups in total. The molecule has 0 bridgehead atoms. The lowest BCUT2D eigenvalue weighted by molar-refractivity contribution is 0.358. The maximum Gasteiger partial charge on any atom is 0.242 e. The second-order valence-electron chi connectivity index (χ2n) is 4.97. The van der Waals surface area contributed by atoms with Crippen molar-refractivity contribution in [2.45, 2.75) is 11.8 Å². The number of sulfonamides is 1. The van der Waals surface area contributed by atoms with E-state index < -0.39 is 10.0 Å². The zero-order valence-electron chi connectivity index (χ0n) is 12.3. The van der Waals surface area contributed by atoms with E-state index in [-0.39, 0.29) is 9.88 Å². The summed E-state index contributed by atoms with van der Waals surface area (Å²) in [6.45, 7) is 2.90. The quantitative estimate of drug-likeness (QED) is 0.787. The van der Waals surface area contributed by atoms with Gasteiger partial charge in [0.2, 0.25) is 10.0 Å². The van der Waals surface area contributed by atoms with Crippen LogP contribution in [0, 0.1) is 6.92 Å². The third kappa shape index (κ3) is 3.99.